The third-order valence-electron chi connectivity index (χ3n) is 3.28. The summed E-state index contributed by atoms with van der Waals surface area (Å²) in [6.07, 6.45) is 3.37. The van der Waals surface area contributed by atoms with Crippen molar-refractivity contribution in [1.82, 2.24) is 5.32 Å². The van der Waals surface area contributed by atoms with Gasteiger partial charge in [-0.05, 0) is 44.6 Å². The van der Waals surface area contributed by atoms with Gasteiger partial charge in [0.15, 0.2) is 5.96 Å². The summed E-state index contributed by atoms with van der Waals surface area (Å²) in [7, 11) is 0. The molecule has 0 saturated carbocycles. The molecule has 0 bridgehead atoms. The highest BCUT2D eigenvalue weighted by Gasteiger charge is 2.31. The second kappa shape index (κ2) is 8.19. The Morgan fingerprint density at radius 3 is 3.00 bits per heavy atom. The molecule has 1 aromatic rings. The Bertz CT molecular complexity index is 420. The van der Waals surface area contributed by atoms with Gasteiger partial charge < -0.3 is 15.8 Å². The van der Waals surface area contributed by atoms with Gasteiger partial charge in [-0.15, -0.1) is 35.3 Å². The first-order chi connectivity index (χ1) is 9.05. The van der Waals surface area contributed by atoms with Gasteiger partial charge in [-0.2, -0.15) is 0 Å². The summed E-state index contributed by atoms with van der Waals surface area (Å²) >= 11 is 1.77. The Balaban J connectivity index is 0.00000200. The van der Waals surface area contributed by atoms with Crippen molar-refractivity contribution in [2.24, 2.45) is 10.7 Å². The number of nitrogens with zero attached hydrogens (tertiary/aromatic N) is 1. The molecule has 1 aliphatic heterocycles. The number of nitrogens with one attached hydrogen (secondary N) is 1. The number of nitrogens with two attached hydrogens (primary N) is 1. The molecule has 0 spiro atoms. The molecule has 20 heavy (non-hydrogen) atoms. The maximum absolute atomic E-state index is 5.87. The second-order valence-electron chi connectivity index (χ2n) is 5.52. The lowest BCUT2D eigenvalue weighted by atomic mass is 10.1. The summed E-state index contributed by atoms with van der Waals surface area (Å²) in [4.78, 5) is 5.71. The minimum Gasteiger partial charge on any atom is -0.370 e. The minimum absolute atomic E-state index is 0. The lowest BCUT2D eigenvalue weighted by Crippen LogP contribution is -2.34. The van der Waals surface area contributed by atoms with Crippen LogP contribution in [-0.2, 0) is 11.2 Å². The molecule has 1 atom stereocenters. The highest BCUT2D eigenvalue weighted by molar-refractivity contribution is 14.0. The molecule has 2 rings (SSSR count). The van der Waals surface area contributed by atoms with Crippen LogP contribution >= 0.6 is 35.3 Å². The zero-order valence-corrected chi connectivity index (χ0v) is 15.2. The van der Waals surface area contributed by atoms with Crippen molar-refractivity contribution >= 4 is 41.3 Å². The van der Waals surface area contributed by atoms with E-state index in [9.17, 15) is 0 Å². The van der Waals surface area contributed by atoms with E-state index >= 15 is 0 Å². The van der Waals surface area contributed by atoms with Crippen molar-refractivity contribution in [3.63, 3.8) is 0 Å². The van der Waals surface area contributed by atoms with Crippen LogP contribution in [0.1, 0.15) is 31.6 Å². The van der Waals surface area contributed by atoms with Crippen LogP contribution in [0, 0.1) is 0 Å². The Morgan fingerprint density at radius 2 is 2.40 bits per heavy atom. The standard InChI is InChI=1S/C14H23N3OS.HI/c1-14(2)7-5-11(18-14)10-17-13(15)16-8-6-12-4-3-9-19-12;/h3-4,9,11H,5-8,10H2,1-2H3,(H3,15,16,17);1H. The average Bonchev–Trinajstić information content (AvgIpc) is 2.96. The second-order valence-corrected chi connectivity index (χ2v) is 6.55. The summed E-state index contributed by atoms with van der Waals surface area (Å²) in [5.41, 5.74) is 5.85. The van der Waals surface area contributed by atoms with Crippen LogP contribution < -0.4 is 11.1 Å². The fraction of sp³-hybridized carbons (Fsp3) is 0.643. The van der Waals surface area contributed by atoms with Crippen LogP contribution in [0.5, 0.6) is 0 Å². The topological polar surface area (TPSA) is 59.6 Å². The van der Waals surface area contributed by atoms with E-state index < -0.39 is 0 Å². The van der Waals surface area contributed by atoms with Gasteiger partial charge >= 0.3 is 0 Å². The SMILES string of the molecule is CC1(C)CCC(CN=C(N)NCCc2cccs2)O1.I. The Labute approximate surface area is 142 Å². The fourth-order valence-electron chi connectivity index (χ4n) is 2.23. The first-order valence-corrected chi connectivity index (χ1v) is 7.67. The Kier molecular flexibility index (Phi) is 7.25. The van der Waals surface area contributed by atoms with Gasteiger partial charge in [0.05, 0.1) is 18.2 Å². The number of aliphatic imine (C=N–C) groups is 1. The molecule has 1 aromatic heterocycles. The van der Waals surface area contributed by atoms with E-state index in [2.05, 4.69) is 41.7 Å². The summed E-state index contributed by atoms with van der Waals surface area (Å²) in [5, 5.41) is 5.23. The van der Waals surface area contributed by atoms with E-state index in [0.717, 1.165) is 25.8 Å². The first-order valence-electron chi connectivity index (χ1n) is 6.79. The molecule has 1 unspecified atom stereocenters. The van der Waals surface area contributed by atoms with Gasteiger partial charge in [0.1, 0.15) is 0 Å². The molecule has 114 valence electrons. The van der Waals surface area contributed by atoms with E-state index in [-0.39, 0.29) is 35.7 Å². The quantitative estimate of drug-likeness (QED) is 0.447. The molecule has 1 fully saturated rings. The predicted octanol–water partition coefficient (Wildman–Crippen LogP) is 2.77. The number of hydrogen-bond acceptors (Lipinski definition) is 3. The van der Waals surface area contributed by atoms with Crippen LogP contribution in [0.3, 0.4) is 0 Å². The smallest absolute Gasteiger partial charge is 0.188 e. The fourth-order valence-corrected chi connectivity index (χ4v) is 2.94. The van der Waals surface area contributed by atoms with Crippen molar-refractivity contribution in [3.8, 4) is 0 Å². The number of hydrogen-bond donors (Lipinski definition) is 2. The number of guanidine groups is 1. The summed E-state index contributed by atoms with van der Waals surface area (Å²) in [6.45, 7) is 5.73. The van der Waals surface area contributed by atoms with Crippen molar-refractivity contribution in [2.45, 2.75) is 44.8 Å². The number of thiophene rings is 1. The lowest BCUT2D eigenvalue weighted by Gasteiger charge is -2.18. The Hall–Kier alpha value is -0.340. The third-order valence-corrected chi connectivity index (χ3v) is 4.21. The number of rotatable bonds is 5. The molecule has 0 amide bonds. The van der Waals surface area contributed by atoms with E-state index in [4.69, 9.17) is 10.5 Å². The minimum atomic E-state index is 0. The summed E-state index contributed by atoms with van der Waals surface area (Å²) in [6, 6.07) is 4.20. The first kappa shape index (κ1) is 17.7. The molecule has 0 radical (unpaired) electrons. The molecule has 4 nitrogen and oxygen atoms in total. The molecule has 1 saturated heterocycles. The predicted molar refractivity (Wildman–Crippen MR) is 96.1 cm³/mol. The molecule has 0 aliphatic carbocycles. The van der Waals surface area contributed by atoms with E-state index in [0.29, 0.717) is 12.5 Å². The van der Waals surface area contributed by atoms with Crippen molar-refractivity contribution in [1.29, 1.82) is 0 Å². The van der Waals surface area contributed by atoms with E-state index in [1.54, 1.807) is 11.3 Å². The van der Waals surface area contributed by atoms with Crippen LogP contribution in [0.4, 0.5) is 0 Å². The molecule has 3 N–H and O–H groups in total. The van der Waals surface area contributed by atoms with Gasteiger partial charge in [0, 0.05) is 11.4 Å². The van der Waals surface area contributed by atoms with Crippen LogP contribution in [0.2, 0.25) is 0 Å². The van der Waals surface area contributed by atoms with Crippen LogP contribution in [-0.4, -0.2) is 30.8 Å². The zero-order chi connectivity index (χ0) is 13.7. The van der Waals surface area contributed by atoms with Gasteiger partial charge in [-0.1, -0.05) is 6.07 Å². The van der Waals surface area contributed by atoms with Crippen molar-refractivity contribution < 1.29 is 4.74 Å². The van der Waals surface area contributed by atoms with Gasteiger partial charge in [0.2, 0.25) is 0 Å². The highest BCUT2D eigenvalue weighted by atomic mass is 127. The molecule has 6 heteroatoms. The normalized spacial score (nSPS) is 21.5. The molecule has 1 aliphatic rings. The Morgan fingerprint density at radius 1 is 1.60 bits per heavy atom. The largest absolute Gasteiger partial charge is 0.370 e. The number of halogens is 1. The van der Waals surface area contributed by atoms with Crippen LogP contribution in [0.15, 0.2) is 22.5 Å². The van der Waals surface area contributed by atoms with Gasteiger partial charge in [0.25, 0.3) is 0 Å². The summed E-state index contributed by atoms with van der Waals surface area (Å²) in [5.74, 6) is 0.518. The number of ether oxygens (including phenoxy) is 1. The maximum Gasteiger partial charge on any atom is 0.188 e. The van der Waals surface area contributed by atoms with Crippen molar-refractivity contribution in [2.75, 3.05) is 13.1 Å². The third kappa shape index (κ3) is 5.97. The zero-order valence-electron chi connectivity index (χ0n) is 12.1. The van der Waals surface area contributed by atoms with Gasteiger partial charge in [-0.25, -0.2) is 0 Å². The van der Waals surface area contributed by atoms with E-state index in [1.165, 1.54) is 4.88 Å². The lowest BCUT2D eigenvalue weighted by molar-refractivity contribution is -0.0106. The highest BCUT2D eigenvalue weighted by Crippen LogP contribution is 2.29. The van der Waals surface area contributed by atoms with Crippen molar-refractivity contribution in [3.05, 3.63) is 22.4 Å². The maximum atomic E-state index is 5.87. The average molecular weight is 409 g/mol. The molecular weight excluding hydrogens is 385 g/mol. The van der Waals surface area contributed by atoms with Gasteiger partial charge in [-0.3, -0.25) is 4.99 Å². The van der Waals surface area contributed by atoms with E-state index in [1.807, 2.05) is 0 Å². The molecule has 0 aromatic carbocycles. The monoisotopic (exact) mass is 409 g/mol. The summed E-state index contributed by atoms with van der Waals surface area (Å²) < 4.78 is 5.87. The molecular formula is C14H24IN3OS. The molecule has 2 heterocycles. The van der Waals surface area contributed by atoms with Crippen LogP contribution in [0.25, 0.3) is 0 Å².